The molecular formula is C22H25N3O4S. The summed E-state index contributed by atoms with van der Waals surface area (Å²) in [4.78, 5) is 12.4. The number of rotatable bonds is 6. The van der Waals surface area contributed by atoms with Gasteiger partial charge in [0, 0.05) is 36.8 Å². The van der Waals surface area contributed by atoms with Gasteiger partial charge in [0.1, 0.15) is 5.75 Å². The Morgan fingerprint density at radius 1 is 1.10 bits per heavy atom. The van der Waals surface area contributed by atoms with Crippen molar-refractivity contribution in [2.45, 2.75) is 25.8 Å². The van der Waals surface area contributed by atoms with Crippen LogP contribution in [0.25, 0.3) is 10.9 Å². The van der Waals surface area contributed by atoms with Gasteiger partial charge in [-0.25, -0.2) is 8.42 Å². The molecule has 0 atom stereocenters. The molecule has 0 unspecified atom stereocenters. The lowest BCUT2D eigenvalue weighted by atomic mass is 10.2. The summed E-state index contributed by atoms with van der Waals surface area (Å²) in [5.74, 6) is 0.899. The van der Waals surface area contributed by atoms with Gasteiger partial charge in [0.05, 0.1) is 24.1 Å². The zero-order chi connectivity index (χ0) is 21.1. The van der Waals surface area contributed by atoms with E-state index in [4.69, 9.17) is 4.74 Å². The van der Waals surface area contributed by atoms with E-state index in [0.717, 1.165) is 23.1 Å². The number of benzene rings is 2. The number of fused-ring (bicyclic) bond motifs is 1. The predicted octanol–water partition coefficient (Wildman–Crippen LogP) is 3.61. The average molecular weight is 428 g/mol. The second-order valence-electron chi connectivity index (χ2n) is 7.34. The van der Waals surface area contributed by atoms with Crippen LogP contribution in [0.5, 0.6) is 5.75 Å². The molecule has 0 spiro atoms. The van der Waals surface area contributed by atoms with Gasteiger partial charge in [-0.15, -0.1) is 0 Å². The molecule has 2 aromatic carbocycles. The van der Waals surface area contributed by atoms with Crippen LogP contribution in [0.4, 0.5) is 11.4 Å². The summed E-state index contributed by atoms with van der Waals surface area (Å²) in [6.45, 7) is 1.05. The SMILES string of the molecule is COc1cccc2c1ccn2CCC(=O)Nc1ccc(N2CCCCS2(=O)=O)cc1. The zero-order valence-electron chi connectivity index (χ0n) is 16.9. The van der Waals surface area contributed by atoms with Crippen LogP contribution >= 0.6 is 0 Å². The molecule has 0 aliphatic carbocycles. The van der Waals surface area contributed by atoms with Crippen molar-refractivity contribution < 1.29 is 17.9 Å². The Morgan fingerprint density at radius 2 is 1.90 bits per heavy atom. The van der Waals surface area contributed by atoms with E-state index in [1.807, 2.05) is 35.0 Å². The standard InChI is InChI=1S/C22H25N3O4S/c1-29-21-6-4-5-20-19(21)11-14-24(20)15-12-22(26)23-17-7-9-18(10-8-17)25-13-2-3-16-30(25,27)28/h4-11,14H,2-3,12-13,15-16H2,1H3,(H,23,26). The van der Waals surface area contributed by atoms with Crippen molar-refractivity contribution >= 4 is 38.2 Å². The van der Waals surface area contributed by atoms with E-state index in [9.17, 15) is 13.2 Å². The number of anilines is 2. The monoisotopic (exact) mass is 427 g/mol. The first-order chi connectivity index (χ1) is 14.5. The quantitative estimate of drug-likeness (QED) is 0.652. The highest BCUT2D eigenvalue weighted by Crippen LogP contribution is 2.27. The molecule has 2 heterocycles. The van der Waals surface area contributed by atoms with E-state index in [1.54, 1.807) is 31.4 Å². The summed E-state index contributed by atoms with van der Waals surface area (Å²) < 4.78 is 33.3. The van der Waals surface area contributed by atoms with Gasteiger partial charge in [0.25, 0.3) is 0 Å². The molecule has 3 aromatic rings. The highest BCUT2D eigenvalue weighted by molar-refractivity contribution is 7.92. The third-order valence-electron chi connectivity index (χ3n) is 5.36. The molecule has 7 nitrogen and oxygen atoms in total. The van der Waals surface area contributed by atoms with Crippen molar-refractivity contribution in [3.8, 4) is 5.75 Å². The Morgan fingerprint density at radius 3 is 2.63 bits per heavy atom. The molecule has 158 valence electrons. The van der Waals surface area contributed by atoms with E-state index in [-0.39, 0.29) is 11.7 Å². The van der Waals surface area contributed by atoms with Crippen molar-refractivity contribution in [3.05, 3.63) is 54.7 Å². The Balaban J connectivity index is 1.38. The minimum absolute atomic E-state index is 0.0990. The number of aryl methyl sites for hydroxylation is 1. The number of carbonyl (C=O) groups is 1. The van der Waals surface area contributed by atoms with Gasteiger partial charge in [-0.2, -0.15) is 0 Å². The van der Waals surface area contributed by atoms with Gasteiger partial charge >= 0.3 is 0 Å². The Hall–Kier alpha value is -3.00. The van der Waals surface area contributed by atoms with Crippen molar-refractivity contribution in [3.63, 3.8) is 0 Å². The first-order valence-electron chi connectivity index (χ1n) is 10.00. The number of hydrogen-bond acceptors (Lipinski definition) is 4. The van der Waals surface area contributed by atoms with Crippen LogP contribution in [-0.4, -0.2) is 38.3 Å². The largest absolute Gasteiger partial charge is 0.496 e. The van der Waals surface area contributed by atoms with E-state index in [1.165, 1.54) is 4.31 Å². The minimum atomic E-state index is -3.23. The number of hydrogen-bond donors (Lipinski definition) is 1. The highest BCUT2D eigenvalue weighted by Gasteiger charge is 2.25. The fourth-order valence-electron chi connectivity index (χ4n) is 3.80. The molecular weight excluding hydrogens is 402 g/mol. The summed E-state index contributed by atoms with van der Waals surface area (Å²) in [7, 11) is -1.59. The van der Waals surface area contributed by atoms with Gasteiger partial charge in [0.15, 0.2) is 0 Å². The Bertz CT molecular complexity index is 1150. The fraction of sp³-hybridized carbons (Fsp3) is 0.318. The summed E-state index contributed by atoms with van der Waals surface area (Å²) >= 11 is 0. The molecule has 8 heteroatoms. The lowest BCUT2D eigenvalue weighted by Gasteiger charge is -2.28. The van der Waals surface area contributed by atoms with Crippen molar-refractivity contribution in [1.82, 2.24) is 4.57 Å². The smallest absolute Gasteiger partial charge is 0.235 e. The molecule has 4 rings (SSSR count). The number of ether oxygens (including phenoxy) is 1. The maximum absolute atomic E-state index is 12.4. The molecule has 1 fully saturated rings. The molecule has 1 aromatic heterocycles. The molecule has 1 N–H and O–H groups in total. The number of nitrogens with one attached hydrogen (secondary N) is 1. The number of carbonyl (C=O) groups excluding carboxylic acids is 1. The van der Waals surface area contributed by atoms with Gasteiger partial charge in [0.2, 0.25) is 15.9 Å². The van der Waals surface area contributed by atoms with Crippen LogP contribution in [0.3, 0.4) is 0 Å². The highest BCUT2D eigenvalue weighted by atomic mass is 32.2. The summed E-state index contributed by atoms with van der Waals surface area (Å²) in [6.07, 6.45) is 3.84. The molecule has 1 aliphatic heterocycles. The second-order valence-corrected chi connectivity index (χ2v) is 9.36. The molecule has 1 aliphatic rings. The molecule has 0 saturated carbocycles. The van der Waals surface area contributed by atoms with Crippen molar-refractivity contribution in [2.24, 2.45) is 0 Å². The van der Waals surface area contributed by atoms with Crippen LogP contribution in [0.2, 0.25) is 0 Å². The zero-order valence-corrected chi connectivity index (χ0v) is 17.7. The number of methoxy groups -OCH3 is 1. The van der Waals surface area contributed by atoms with E-state index in [0.29, 0.717) is 37.3 Å². The summed E-state index contributed by atoms with van der Waals surface area (Å²) in [5.41, 5.74) is 2.31. The number of amides is 1. The van der Waals surface area contributed by atoms with Crippen LogP contribution in [-0.2, 0) is 21.4 Å². The minimum Gasteiger partial charge on any atom is -0.496 e. The van der Waals surface area contributed by atoms with Crippen LogP contribution in [0.15, 0.2) is 54.7 Å². The van der Waals surface area contributed by atoms with E-state index < -0.39 is 10.0 Å². The van der Waals surface area contributed by atoms with Crippen LogP contribution in [0.1, 0.15) is 19.3 Å². The summed E-state index contributed by atoms with van der Waals surface area (Å²) in [5, 5.41) is 3.90. The van der Waals surface area contributed by atoms with Gasteiger partial charge in [-0.1, -0.05) is 6.07 Å². The average Bonchev–Trinajstić information content (AvgIpc) is 3.16. The maximum Gasteiger partial charge on any atom is 0.235 e. The van der Waals surface area contributed by atoms with Crippen LogP contribution < -0.4 is 14.4 Å². The van der Waals surface area contributed by atoms with Crippen molar-refractivity contribution in [1.29, 1.82) is 0 Å². The third-order valence-corrected chi connectivity index (χ3v) is 7.23. The first-order valence-corrected chi connectivity index (χ1v) is 11.6. The lowest BCUT2D eigenvalue weighted by molar-refractivity contribution is -0.116. The van der Waals surface area contributed by atoms with E-state index in [2.05, 4.69) is 5.32 Å². The van der Waals surface area contributed by atoms with E-state index >= 15 is 0 Å². The molecule has 30 heavy (non-hydrogen) atoms. The molecule has 1 saturated heterocycles. The third kappa shape index (κ3) is 4.14. The second kappa shape index (κ2) is 8.39. The van der Waals surface area contributed by atoms with Crippen LogP contribution in [0, 0.1) is 0 Å². The molecule has 1 amide bonds. The number of aromatic nitrogens is 1. The number of nitrogens with zero attached hydrogens (tertiary/aromatic N) is 2. The normalized spacial score (nSPS) is 15.8. The van der Waals surface area contributed by atoms with Crippen molar-refractivity contribution in [2.75, 3.05) is 29.0 Å². The molecule has 0 bridgehead atoms. The Labute approximate surface area is 176 Å². The lowest BCUT2D eigenvalue weighted by Crippen LogP contribution is -2.37. The maximum atomic E-state index is 12.4. The fourth-order valence-corrected chi connectivity index (χ4v) is 5.44. The number of sulfonamides is 1. The van der Waals surface area contributed by atoms with Gasteiger partial charge < -0.3 is 14.6 Å². The predicted molar refractivity (Wildman–Crippen MR) is 119 cm³/mol. The van der Waals surface area contributed by atoms with Gasteiger partial charge in [-0.05, 0) is 55.3 Å². The first kappa shape index (κ1) is 20.3. The Kier molecular flexibility index (Phi) is 5.67. The topological polar surface area (TPSA) is 80.6 Å². The summed E-state index contributed by atoms with van der Waals surface area (Å²) in [6, 6.07) is 14.8. The van der Waals surface area contributed by atoms with Gasteiger partial charge in [-0.3, -0.25) is 9.10 Å². The molecule has 0 radical (unpaired) electrons.